The van der Waals surface area contributed by atoms with E-state index in [9.17, 15) is 4.79 Å². The molecular formula is C14H24N2O2. The van der Waals surface area contributed by atoms with Crippen molar-refractivity contribution in [1.82, 2.24) is 10.2 Å². The summed E-state index contributed by atoms with van der Waals surface area (Å²) in [5.74, 6) is 0.218. The second-order valence-electron chi connectivity index (χ2n) is 4.82. The average molecular weight is 252 g/mol. The summed E-state index contributed by atoms with van der Waals surface area (Å²) in [5.41, 5.74) is 2.07. The Bertz CT molecular complexity index is 366. The monoisotopic (exact) mass is 252 g/mol. The number of H-pyrrole nitrogens is 1. The number of hydrogen-bond acceptors (Lipinski definition) is 3. The maximum Gasteiger partial charge on any atom is 0.341 e. The highest BCUT2D eigenvalue weighted by molar-refractivity contribution is 5.91. The predicted octanol–water partition coefficient (Wildman–Crippen LogP) is 3.40. The Morgan fingerprint density at radius 1 is 1.39 bits per heavy atom. The van der Waals surface area contributed by atoms with Gasteiger partial charge in [-0.3, -0.25) is 5.10 Å². The van der Waals surface area contributed by atoms with Crippen molar-refractivity contribution in [2.75, 3.05) is 6.61 Å². The van der Waals surface area contributed by atoms with Crippen LogP contribution >= 0.6 is 0 Å². The molecule has 4 nitrogen and oxygen atoms in total. The lowest BCUT2D eigenvalue weighted by atomic mass is 10.0. The maximum atomic E-state index is 12.0. The quantitative estimate of drug-likeness (QED) is 0.757. The van der Waals surface area contributed by atoms with E-state index in [0.717, 1.165) is 18.5 Å². The third-order valence-electron chi connectivity index (χ3n) is 3.33. The minimum absolute atomic E-state index is 0.256. The molecule has 1 N–H and O–H groups in total. The first-order valence-corrected chi connectivity index (χ1v) is 6.78. The van der Waals surface area contributed by atoms with Crippen molar-refractivity contribution in [3.05, 3.63) is 17.0 Å². The molecule has 1 atom stereocenters. The van der Waals surface area contributed by atoms with Crippen LogP contribution in [0.5, 0.6) is 0 Å². The van der Waals surface area contributed by atoms with Crippen LogP contribution in [0.25, 0.3) is 0 Å². The third kappa shape index (κ3) is 3.86. The third-order valence-corrected chi connectivity index (χ3v) is 3.33. The first-order valence-electron chi connectivity index (χ1n) is 6.78. The molecule has 0 amide bonds. The van der Waals surface area contributed by atoms with Crippen LogP contribution in [-0.2, 0) is 4.74 Å². The van der Waals surface area contributed by atoms with Crippen LogP contribution < -0.4 is 0 Å². The van der Waals surface area contributed by atoms with E-state index >= 15 is 0 Å². The Kier molecular flexibility index (Phi) is 5.89. The maximum absolute atomic E-state index is 12.0. The van der Waals surface area contributed by atoms with Gasteiger partial charge in [0.15, 0.2) is 0 Å². The van der Waals surface area contributed by atoms with Gasteiger partial charge in [-0.15, -0.1) is 0 Å². The van der Waals surface area contributed by atoms with Crippen molar-refractivity contribution in [1.29, 1.82) is 0 Å². The SMILES string of the molecule is CCCCC(CC)COC(=O)c1c(C)n[nH]c1C. The number of nitrogens with zero attached hydrogens (tertiary/aromatic N) is 1. The Morgan fingerprint density at radius 3 is 2.61 bits per heavy atom. The molecule has 0 fully saturated rings. The summed E-state index contributed by atoms with van der Waals surface area (Å²) in [6.45, 7) is 8.48. The van der Waals surface area contributed by atoms with Crippen LogP contribution in [0.2, 0.25) is 0 Å². The second-order valence-corrected chi connectivity index (χ2v) is 4.82. The summed E-state index contributed by atoms with van der Waals surface area (Å²) in [6, 6.07) is 0. The van der Waals surface area contributed by atoms with Crippen molar-refractivity contribution in [2.45, 2.75) is 53.4 Å². The van der Waals surface area contributed by atoms with Gasteiger partial charge in [0, 0.05) is 5.69 Å². The smallest absolute Gasteiger partial charge is 0.341 e. The molecule has 1 heterocycles. The second kappa shape index (κ2) is 7.19. The van der Waals surface area contributed by atoms with E-state index in [4.69, 9.17) is 4.74 Å². The van der Waals surface area contributed by atoms with Gasteiger partial charge in [0.1, 0.15) is 5.56 Å². The largest absolute Gasteiger partial charge is 0.462 e. The number of rotatable bonds is 7. The van der Waals surface area contributed by atoms with Gasteiger partial charge in [0.05, 0.1) is 12.3 Å². The van der Waals surface area contributed by atoms with E-state index in [2.05, 4.69) is 24.0 Å². The zero-order chi connectivity index (χ0) is 13.5. The summed E-state index contributed by atoms with van der Waals surface area (Å²) in [5, 5.41) is 6.81. The number of aromatic amines is 1. The topological polar surface area (TPSA) is 55.0 Å². The highest BCUT2D eigenvalue weighted by atomic mass is 16.5. The van der Waals surface area contributed by atoms with Crippen LogP contribution in [0, 0.1) is 19.8 Å². The molecule has 1 rings (SSSR count). The Morgan fingerprint density at radius 2 is 2.11 bits per heavy atom. The van der Waals surface area contributed by atoms with Gasteiger partial charge in [0.2, 0.25) is 0 Å². The lowest BCUT2D eigenvalue weighted by Gasteiger charge is -2.14. The number of esters is 1. The Balaban J connectivity index is 2.50. The first kappa shape index (κ1) is 14.7. The fraction of sp³-hybridized carbons (Fsp3) is 0.714. The molecule has 102 valence electrons. The van der Waals surface area contributed by atoms with Gasteiger partial charge in [-0.05, 0) is 26.2 Å². The molecule has 0 aliphatic rings. The van der Waals surface area contributed by atoms with Crippen LogP contribution in [0.1, 0.15) is 61.3 Å². The summed E-state index contributed by atoms with van der Waals surface area (Å²) < 4.78 is 5.40. The average Bonchev–Trinajstić information content (AvgIpc) is 2.69. The zero-order valence-corrected chi connectivity index (χ0v) is 11.9. The molecule has 1 aromatic rings. The predicted molar refractivity (Wildman–Crippen MR) is 71.7 cm³/mol. The van der Waals surface area contributed by atoms with E-state index < -0.39 is 0 Å². The number of aryl methyl sites for hydroxylation is 2. The van der Waals surface area contributed by atoms with E-state index in [0.29, 0.717) is 23.8 Å². The van der Waals surface area contributed by atoms with Crippen LogP contribution in [0.3, 0.4) is 0 Å². The molecule has 0 bridgehead atoms. The molecule has 0 saturated carbocycles. The molecule has 0 aromatic carbocycles. The van der Waals surface area contributed by atoms with Crippen molar-refractivity contribution >= 4 is 5.97 Å². The summed E-state index contributed by atoms with van der Waals surface area (Å²) in [4.78, 5) is 12.0. The van der Waals surface area contributed by atoms with Gasteiger partial charge in [-0.2, -0.15) is 5.10 Å². The summed E-state index contributed by atoms with van der Waals surface area (Å²) >= 11 is 0. The highest BCUT2D eigenvalue weighted by Gasteiger charge is 2.18. The highest BCUT2D eigenvalue weighted by Crippen LogP contribution is 2.16. The minimum Gasteiger partial charge on any atom is -0.462 e. The molecule has 0 radical (unpaired) electrons. The van der Waals surface area contributed by atoms with Crippen molar-refractivity contribution < 1.29 is 9.53 Å². The number of hydrogen-bond donors (Lipinski definition) is 1. The van der Waals surface area contributed by atoms with Crippen molar-refractivity contribution in [2.24, 2.45) is 5.92 Å². The molecule has 1 unspecified atom stereocenters. The van der Waals surface area contributed by atoms with Gasteiger partial charge in [-0.1, -0.05) is 33.1 Å². The number of ether oxygens (including phenoxy) is 1. The zero-order valence-electron chi connectivity index (χ0n) is 11.9. The van der Waals surface area contributed by atoms with Gasteiger partial charge in [0.25, 0.3) is 0 Å². The molecule has 0 aliphatic carbocycles. The van der Waals surface area contributed by atoms with Crippen LogP contribution in [0.4, 0.5) is 0 Å². The van der Waals surface area contributed by atoms with Gasteiger partial charge in [-0.25, -0.2) is 4.79 Å². The lowest BCUT2D eigenvalue weighted by Crippen LogP contribution is -2.15. The first-order chi connectivity index (χ1) is 8.60. The minimum atomic E-state index is -0.256. The van der Waals surface area contributed by atoms with E-state index in [1.165, 1.54) is 12.8 Å². The number of carbonyl (C=O) groups is 1. The van der Waals surface area contributed by atoms with Crippen molar-refractivity contribution in [3.8, 4) is 0 Å². The molecule has 4 heteroatoms. The van der Waals surface area contributed by atoms with Crippen molar-refractivity contribution in [3.63, 3.8) is 0 Å². The molecular weight excluding hydrogens is 228 g/mol. The van der Waals surface area contributed by atoms with Crippen LogP contribution in [0.15, 0.2) is 0 Å². The molecule has 1 aromatic heterocycles. The normalized spacial score (nSPS) is 12.4. The number of carbonyl (C=O) groups excluding carboxylic acids is 1. The van der Waals surface area contributed by atoms with E-state index in [1.54, 1.807) is 0 Å². The summed E-state index contributed by atoms with van der Waals surface area (Å²) in [6.07, 6.45) is 4.56. The van der Waals surface area contributed by atoms with Gasteiger partial charge >= 0.3 is 5.97 Å². The lowest BCUT2D eigenvalue weighted by molar-refractivity contribution is 0.0426. The number of aromatic nitrogens is 2. The molecule has 0 spiro atoms. The fourth-order valence-corrected chi connectivity index (χ4v) is 2.02. The van der Waals surface area contributed by atoms with E-state index in [-0.39, 0.29) is 5.97 Å². The van der Waals surface area contributed by atoms with Crippen LogP contribution in [-0.4, -0.2) is 22.8 Å². The molecule has 0 aliphatic heterocycles. The number of unbranched alkanes of at least 4 members (excludes halogenated alkanes) is 1. The standard InChI is InChI=1S/C14H24N2O2/c1-5-7-8-12(6-2)9-18-14(17)13-10(3)15-16-11(13)4/h12H,5-9H2,1-4H3,(H,15,16). The molecule has 18 heavy (non-hydrogen) atoms. The van der Waals surface area contributed by atoms with E-state index in [1.807, 2.05) is 13.8 Å². The number of nitrogens with one attached hydrogen (secondary N) is 1. The Labute approximate surface area is 109 Å². The fourth-order valence-electron chi connectivity index (χ4n) is 2.02. The summed E-state index contributed by atoms with van der Waals surface area (Å²) in [7, 11) is 0. The Hall–Kier alpha value is -1.32. The molecule has 0 saturated heterocycles. The van der Waals surface area contributed by atoms with Gasteiger partial charge < -0.3 is 4.74 Å².